The van der Waals surface area contributed by atoms with Gasteiger partial charge in [0.2, 0.25) is 0 Å². The average Bonchev–Trinajstić information content (AvgIpc) is 3.28. The number of alkyl halides is 2. The standard InChI is InChI=1S/C19H19ClF2N8O2/c20-10-2-3-13(32-19(21)22)11(8-10)15-12(9-29(27-15)7-4-23)26-18(31)14-16(24)28-30-6-1-5-25-17(14)30/h1-3,5-6,8-9,18-19,26,31H,4,7,23H2,(H2,24,28). The number of nitrogen functional groups attached to an aromatic ring is 1. The maximum atomic E-state index is 12.9. The van der Waals surface area contributed by atoms with Gasteiger partial charge in [0.25, 0.3) is 0 Å². The summed E-state index contributed by atoms with van der Waals surface area (Å²) < 4.78 is 33.5. The van der Waals surface area contributed by atoms with Crippen LogP contribution in [0.15, 0.2) is 42.9 Å². The van der Waals surface area contributed by atoms with Crippen LogP contribution in [0.3, 0.4) is 0 Å². The molecule has 168 valence electrons. The molecule has 0 fully saturated rings. The van der Waals surface area contributed by atoms with Gasteiger partial charge in [-0.15, -0.1) is 5.10 Å². The monoisotopic (exact) mass is 464 g/mol. The van der Waals surface area contributed by atoms with Gasteiger partial charge in [0.1, 0.15) is 11.4 Å². The van der Waals surface area contributed by atoms with Crippen LogP contribution in [0.2, 0.25) is 5.02 Å². The van der Waals surface area contributed by atoms with Crippen LogP contribution in [0.1, 0.15) is 11.8 Å². The van der Waals surface area contributed by atoms with Gasteiger partial charge in [-0.3, -0.25) is 4.68 Å². The number of aliphatic hydroxyl groups is 1. The zero-order valence-electron chi connectivity index (χ0n) is 16.5. The van der Waals surface area contributed by atoms with E-state index in [1.54, 1.807) is 18.5 Å². The van der Waals surface area contributed by atoms with Gasteiger partial charge in [0.05, 0.1) is 17.8 Å². The molecule has 3 aromatic heterocycles. The first-order valence-electron chi connectivity index (χ1n) is 9.43. The van der Waals surface area contributed by atoms with Gasteiger partial charge in [-0.2, -0.15) is 13.9 Å². The summed E-state index contributed by atoms with van der Waals surface area (Å²) in [5.41, 5.74) is 12.9. The number of benzene rings is 1. The van der Waals surface area contributed by atoms with Crippen LogP contribution in [-0.4, -0.2) is 42.6 Å². The number of halogens is 3. The average molecular weight is 465 g/mol. The van der Waals surface area contributed by atoms with Crippen LogP contribution in [0, 0.1) is 0 Å². The molecule has 0 amide bonds. The number of hydrogen-bond acceptors (Lipinski definition) is 8. The van der Waals surface area contributed by atoms with Crippen molar-refractivity contribution in [1.29, 1.82) is 0 Å². The predicted molar refractivity (Wildman–Crippen MR) is 114 cm³/mol. The first-order chi connectivity index (χ1) is 15.4. The smallest absolute Gasteiger partial charge is 0.387 e. The van der Waals surface area contributed by atoms with Crippen molar-refractivity contribution in [3.63, 3.8) is 0 Å². The topological polar surface area (TPSA) is 142 Å². The first kappa shape index (κ1) is 21.7. The van der Waals surface area contributed by atoms with E-state index in [0.717, 1.165) is 0 Å². The van der Waals surface area contributed by atoms with E-state index in [-0.39, 0.29) is 40.0 Å². The molecule has 6 N–H and O–H groups in total. The van der Waals surface area contributed by atoms with E-state index in [4.69, 9.17) is 23.1 Å². The molecule has 1 atom stereocenters. The van der Waals surface area contributed by atoms with E-state index in [1.807, 2.05) is 0 Å². The highest BCUT2D eigenvalue weighted by Crippen LogP contribution is 2.38. The highest BCUT2D eigenvalue weighted by atomic mass is 35.5. The second kappa shape index (κ2) is 8.94. The van der Waals surface area contributed by atoms with Crippen LogP contribution in [0.25, 0.3) is 16.9 Å². The van der Waals surface area contributed by atoms with Crippen molar-refractivity contribution in [3.8, 4) is 17.0 Å². The summed E-state index contributed by atoms with van der Waals surface area (Å²) in [6, 6.07) is 5.85. The molecule has 0 saturated heterocycles. The van der Waals surface area contributed by atoms with E-state index in [1.165, 1.54) is 33.6 Å². The summed E-state index contributed by atoms with van der Waals surface area (Å²) in [5.74, 6) is -0.0545. The van der Waals surface area contributed by atoms with Gasteiger partial charge in [-0.25, -0.2) is 9.50 Å². The molecule has 0 aliphatic rings. The third-order valence-corrected chi connectivity index (χ3v) is 4.79. The van der Waals surface area contributed by atoms with Gasteiger partial charge >= 0.3 is 6.61 Å². The van der Waals surface area contributed by atoms with Gasteiger partial charge in [-0.1, -0.05) is 11.6 Å². The molecule has 0 saturated carbocycles. The van der Waals surface area contributed by atoms with Gasteiger partial charge in [-0.05, 0) is 24.3 Å². The van der Waals surface area contributed by atoms with Crippen molar-refractivity contribution >= 4 is 28.8 Å². The summed E-state index contributed by atoms with van der Waals surface area (Å²) in [6.07, 6.45) is 3.42. The fraction of sp³-hybridized carbons (Fsp3) is 0.211. The first-order valence-corrected chi connectivity index (χ1v) is 9.80. The van der Waals surface area contributed by atoms with E-state index < -0.39 is 12.8 Å². The van der Waals surface area contributed by atoms with E-state index in [9.17, 15) is 13.9 Å². The number of nitrogens with zero attached hydrogens (tertiary/aromatic N) is 5. The Labute approximate surface area is 185 Å². The van der Waals surface area contributed by atoms with Crippen LogP contribution in [0.4, 0.5) is 20.3 Å². The lowest BCUT2D eigenvalue weighted by molar-refractivity contribution is -0.0494. The van der Waals surface area contributed by atoms with Gasteiger partial charge in [0, 0.05) is 35.7 Å². The van der Waals surface area contributed by atoms with Crippen molar-refractivity contribution in [3.05, 3.63) is 53.4 Å². The third kappa shape index (κ3) is 4.28. The molecule has 0 bridgehead atoms. The molecule has 0 aliphatic heterocycles. The molecule has 32 heavy (non-hydrogen) atoms. The normalized spacial score (nSPS) is 12.4. The minimum Gasteiger partial charge on any atom is -0.434 e. The lowest BCUT2D eigenvalue weighted by Crippen LogP contribution is -2.12. The Balaban J connectivity index is 1.77. The van der Waals surface area contributed by atoms with Crippen molar-refractivity contribution in [2.24, 2.45) is 5.73 Å². The number of hydrogen-bond donors (Lipinski definition) is 4. The second-order valence-corrected chi connectivity index (χ2v) is 7.13. The summed E-state index contributed by atoms with van der Waals surface area (Å²) >= 11 is 6.09. The molecule has 0 spiro atoms. The highest BCUT2D eigenvalue weighted by molar-refractivity contribution is 6.31. The molecule has 4 aromatic rings. The van der Waals surface area contributed by atoms with E-state index in [0.29, 0.717) is 17.9 Å². The summed E-state index contributed by atoms with van der Waals surface area (Å²) in [4.78, 5) is 4.20. The van der Waals surface area contributed by atoms with Crippen molar-refractivity contribution in [2.45, 2.75) is 19.4 Å². The number of nitrogens with two attached hydrogens (primary N) is 2. The van der Waals surface area contributed by atoms with Crippen molar-refractivity contribution < 1.29 is 18.6 Å². The SMILES string of the molecule is NCCn1cc(NC(O)c2c(N)nn3cccnc23)c(-c2cc(Cl)ccc2OC(F)F)n1. The maximum absolute atomic E-state index is 12.9. The molecule has 0 radical (unpaired) electrons. The molecule has 10 nitrogen and oxygen atoms in total. The third-order valence-electron chi connectivity index (χ3n) is 4.56. The Bertz CT molecular complexity index is 1250. The summed E-state index contributed by atoms with van der Waals surface area (Å²) in [6.45, 7) is -2.42. The zero-order chi connectivity index (χ0) is 22.8. The second-order valence-electron chi connectivity index (χ2n) is 6.70. The number of ether oxygens (including phenoxy) is 1. The Morgan fingerprint density at radius 1 is 1.28 bits per heavy atom. The fourth-order valence-corrected chi connectivity index (χ4v) is 3.43. The Morgan fingerprint density at radius 3 is 2.84 bits per heavy atom. The number of rotatable bonds is 8. The summed E-state index contributed by atoms with van der Waals surface area (Å²) in [5, 5.41) is 22.6. The largest absolute Gasteiger partial charge is 0.434 e. The molecule has 13 heteroatoms. The van der Waals surface area contributed by atoms with Crippen LogP contribution < -0.4 is 21.5 Å². The predicted octanol–water partition coefficient (Wildman–Crippen LogP) is 2.49. The number of nitrogens with one attached hydrogen (secondary N) is 1. The van der Waals surface area contributed by atoms with Crippen LogP contribution in [-0.2, 0) is 6.54 Å². The molecular weight excluding hydrogens is 446 g/mol. The fourth-order valence-electron chi connectivity index (χ4n) is 3.26. The Hall–Kier alpha value is -3.48. The number of anilines is 2. The lowest BCUT2D eigenvalue weighted by Gasteiger charge is -2.15. The number of aromatic nitrogens is 5. The number of fused-ring (bicyclic) bond motifs is 1. The highest BCUT2D eigenvalue weighted by Gasteiger charge is 2.24. The Morgan fingerprint density at radius 2 is 2.09 bits per heavy atom. The van der Waals surface area contributed by atoms with Crippen LogP contribution in [0.5, 0.6) is 5.75 Å². The van der Waals surface area contributed by atoms with Gasteiger partial charge in [0.15, 0.2) is 17.7 Å². The Kier molecular flexibility index (Phi) is 6.08. The molecule has 3 heterocycles. The maximum Gasteiger partial charge on any atom is 0.387 e. The minimum atomic E-state index is -3.05. The van der Waals surface area contributed by atoms with Gasteiger partial charge < -0.3 is 26.6 Å². The molecular formula is C19H19ClF2N8O2. The summed E-state index contributed by atoms with van der Waals surface area (Å²) in [7, 11) is 0. The zero-order valence-corrected chi connectivity index (χ0v) is 17.2. The molecule has 1 unspecified atom stereocenters. The quantitative estimate of drug-likeness (QED) is 0.291. The van der Waals surface area contributed by atoms with Crippen LogP contribution >= 0.6 is 11.6 Å². The van der Waals surface area contributed by atoms with Crippen molar-refractivity contribution in [1.82, 2.24) is 24.4 Å². The van der Waals surface area contributed by atoms with E-state index >= 15 is 0 Å². The molecule has 0 aliphatic carbocycles. The number of aliphatic hydroxyl groups excluding tert-OH is 1. The molecule has 4 rings (SSSR count). The van der Waals surface area contributed by atoms with Crippen molar-refractivity contribution in [2.75, 3.05) is 17.6 Å². The lowest BCUT2D eigenvalue weighted by atomic mass is 10.1. The molecule has 1 aromatic carbocycles. The van der Waals surface area contributed by atoms with E-state index in [2.05, 4.69) is 25.2 Å². The minimum absolute atomic E-state index is 0.0732.